The molecule has 2 atom stereocenters. The minimum absolute atomic E-state index is 0.0615. The molecule has 2 unspecified atom stereocenters. The SMILES string of the molecule is CC1(C)CC2CC(C)(CN2C(=O)c2ccco2)C1. The van der Waals surface area contributed by atoms with Crippen molar-refractivity contribution >= 4 is 5.91 Å². The summed E-state index contributed by atoms with van der Waals surface area (Å²) in [6.45, 7) is 7.83. The van der Waals surface area contributed by atoms with Crippen LogP contribution in [0.2, 0.25) is 0 Å². The van der Waals surface area contributed by atoms with Crippen LogP contribution in [0.5, 0.6) is 0 Å². The second kappa shape index (κ2) is 3.62. The number of hydrogen-bond donors (Lipinski definition) is 0. The number of fused-ring (bicyclic) bond motifs is 2. The third-order valence-electron chi connectivity index (χ3n) is 4.41. The summed E-state index contributed by atoms with van der Waals surface area (Å²) in [5.41, 5.74) is 0.629. The van der Waals surface area contributed by atoms with Crippen LogP contribution in [0, 0.1) is 10.8 Å². The normalized spacial score (nSPS) is 33.7. The number of likely N-dealkylation sites (tertiary alicyclic amines) is 1. The lowest BCUT2D eigenvalue weighted by atomic mass is 9.65. The molecule has 3 rings (SSSR count). The molecule has 1 aliphatic carbocycles. The van der Waals surface area contributed by atoms with E-state index >= 15 is 0 Å². The first kappa shape index (κ1) is 11.8. The van der Waals surface area contributed by atoms with Gasteiger partial charge in [0.1, 0.15) is 0 Å². The predicted molar refractivity (Wildman–Crippen MR) is 69.3 cm³/mol. The Morgan fingerprint density at radius 3 is 2.83 bits per heavy atom. The fraction of sp³-hybridized carbons (Fsp3) is 0.667. The average molecular weight is 247 g/mol. The first-order valence-electron chi connectivity index (χ1n) is 6.73. The molecule has 1 amide bonds. The molecule has 3 heteroatoms. The van der Waals surface area contributed by atoms with Gasteiger partial charge in [0.05, 0.1) is 6.26 Å². The Morgan fingerprint density at radius 2 is 2.17 bits per heavy atom. The molecule has 2 heterocycles. The Morgan fingerprint density at radius 1 is 1.39 bits per heavy atom. The topological polar surface area (TPSA) is 33.5 Å². The number of hydrogen-bond acceptors (Lipinski definition) is 2. The quantitative estimate of drug-likeness (QED) is 0.762. The van der Waals surface area contributed by atoms with E-state index in [2.05, 4.69) is 20.8 Å². The molecular formula is C15H21NO2. The molecule has 1 aromatic heterocycles. The molecule has 1 aliphatic heterocycles. The van der Waals surface area contributed by atoms with Crippen LogP contribution in [0.1, 0.15) is 50.6 Å². The van der Waals surface area contributed by atoms with Gasteiger partial charge in [-0.05, 0) is 42.2 Å². The Labute approximate surface area is 108 Å². The summed E-state index contributed by atoms with van der Waals surface area (Å²) >= 11 is 0. The molecule has 98 valence electrons. The fourth-order valence-electron chi connectivity index (χ4n) is 4.24. The van der Waals surface area contributed by atoms with Crippen LogP contribution < -0.4 is 0 Å². The van der Waals surface area contributed by atoms with Gasteiger partial charge in [-0.15, -0.1) is 0 Å². The van der Waals surface area contributed by atoms with E-state index in [-0.39, 0.29) is 11.3 Å². The lowest BCUT2D eigenvalue weighted by Crippen LogP contribution is -2.37. The van der Waals surface area contributed by atoms with Crippen LogP contribution in [0.15, 0.2) is 22.8 Å². The number of rotatable bonds is 1. The highest BCUT2D eigenvalue weighted by Gasteiger charge is 2.51. The summed E-state index contributed by atoms with van der Waals surface area (Å²) < 4.78 is 5.25. The van der Waals surface area contributed by atoms with Crippen molar-refractivity contribution in [1.82, 2.24) is 4.90 Å². The molecule has 0 aromatic carbocycles. The van der Waals surface area contributed by atoms with Crippen molar-refractivity contribution in [3.05, 3.63) is 24.2 Å². The van der Waals surface area contributed by atoms with Crippen molar-refractivity contribution in [3.63, 3.8) is 0 Å². The zero-order chi connectivity index (χ0) is 13.0. The van der Waals surface area contributed by atoms with Crippen molar-refractivity contribution in [3.8, 4) is 0 Å². The molecule has 1 aromatic rings. The lowest BCUT2D eigenvalue weighted by molar-refractivity contribution is 0.0676. The minimum atomic E-state index is 0.0615. The zero-order valence-electron chi connectivity index (χ0n) is 11.4. The Bertz CT molecular complexity index is 463. The van der Waals surface area contributed by atoms with E-state index in [1.807, 2.05) is 4.90 Å². The molecule has 0 spiro atoms. The largest absolute Gasteiger partial charge is 0.459 e. The van der Waals surface area contributed by atoms with Gasteiger partial charge in [0.2, 0.25) is 0 Å². The minimum Gasteiger partial charge on any atom is -0.459 e. The van der Waals surface area contributed by atoms with Crippen molar-refractivity contribution < 1.29 is 9.21 Å². The van der Waals surface area contributed by atoms with Crippen LogP contribution in [0.4, 0.5) is 0 Å². The highest BCUT2D eigenvalue weighted by Crippen LogP contribution is 2.52. The van der Waals surface area contributed by atoms with Gasteiger partial charge in [-0.3, -0.25) is 4.79 Å². The van der Waals surface area contributed by atoms with Crippen LogP contribution in [-0.4, -0.2) is 23.4 Å². The van der Waals surface area contributed by atoms with Gasteiger partial charge in [0, 0.05) is 12.6 Å². The maximum atomic E-state index is 12.4. The summed E-state index contributed by atoms with van der Waals surface area (Å²) in [7, 11) is 0. The molecule has 0 radical (unpaired) electrons. The van der Waals surface area contributed by atoms with Crippen LogP contribution in [0.25, 0.3) is 0 Å². The van der Waals surface area contributed by atoms with Gasteiger partial charge in [-0.1, -0.05) is 20.8 Å². The van der Waals surface area contributed by atoms with E-state index in [0.717, 1.165) is 19.4 Å². The summed E-state index contributed by atoms with van der Waals surface area (Å²) in [4.78, 5) is 14.5. The fourth-order valence-corrected chi connectivity index (χ4v) is 4.24. The third-order valence-corrected chi connectivity index (χ3v) is 4.41. The molecule has 1 saturated carbocycles. The van der Waals surface area contributed by atoms with Crippen molar-refractivity contribution in [2.24, 2.45) is 10.8 Å². The van der Waals surface area contributed by atoms with E-state index < -0.39 is 0 Å². The Hall–Kier alpha value is -1.25. The van der Waals surface area contributed by atoms with Crippen LogP contribution >= 0.6 is 0 Å². The highest BCUT2D eigenvalue weighted by atomic mass is 16.3. The van der Waals surface area contributed by atoms with E-state index in [0.29, 0.717) is 17.2 Å². The number of amides is 1. The summed E-state index contributed by atoms with van der Waals surface area (Å²) in [5.74, 6) is 0.537. The molecule has 1 saturated heterocycles. The standard InChI is InChI=1S/C15H21NO2/c1-14(2)7-11-8-15(3,9-14)10-16(11)13(17)12-5-4-6-18-12/h4-6,11H,7-10H2,1-3H3. The second-order valence-electron chi connectivity index (χ2n) is 7.12. The molecule has 0 N–H and O–H groups in total. The molecular weight excluding hydrogens is 226 g/mol. The van der Waals surface area contributed by atoms with Gasteiger partial charge in [-0.2, -0.15) is 0 Å². The monoisotopic (exact) mass is 247 g/mol. The molecule has 3 nitrogen and oxygen atoms in total. The molecule has 2 aliphatic rings. The maximum absolute atomic E-state index is 12.4. The molecule has 2 fully saturated rings. The summed E-state index contributed by atoms with van der Waals surface area (Å²) in [6, 6.07) is 3.93. The number of carbonyl (C=O) groups excluding carboxylic acids is 1. The smallest absolute Gasteiger partial charge is 0.289 e. The van der Waals surface area contributed by atoms with Crippen molar-refractivity contribution in [1.29, 1.82) is 0 Å². The summed E-state index contributed by atoms with van der Waals surface area (Å²) in [5, 5.41) is 0. The Balaban J connectivity index is 1.86. The second-order valence-corrected chi connectivity index (χ2v) is 7.12. The van der Waals surface area contributed by atoms with E-state index in [9.17, 15) is 4.79 Å². The van der Waals surface area contributed by atoms with E-state index in [4.69, 9.17) is 4.42 Å². The van der Waals surface area contributed by atoms with Gasteiger partial charge in [0.15, 0.2) is 5.76 Å². The Kier molecular flexibility index (Phi) is 2.38. The van der Waals surface area contributed by atoms with Gasteiger partial charge >= 0.3 is 0 Å². The number of carbonyl (C=O) groups is 1. The van der Waals surface area contributed by atoms with Gasteiger partial charge in [-0.25, -0.2) is 0 Å². The van der Waals surface area contributed by atoms with Crippen LogP contribution in [-0.2, 0) is 0 Å². The number of nitrogens with zero attached hydrogens (tertiary/aromatic N) is 1. The van der Waals surface area contributed by atoms with Crippen molar-refractivity contribution in [2.75, 3.05) is 6.54 Å². The molecule has 2 bridgehead atoms. The first-order valence-corrected chi connectivity index (χ1v) is 6.73. The maximum Gasteiger partial charge on any atom is 0.289 e. The predicted octanol–water partition coefficient (Wildman–Crippen LogP) is 3.32. The van der Waals surface area contributed by atoms with Gasteiger partial charge < -0.3 is 9.32 Å². The lowest BCUT2D eigenvalue weighted by Gasteiger charge is -2.39. The van der Waals surface area contributed by atoms with E-state index in [1.54, 1.807) is 18.4 Å². The number of furan rings is 1. The summed E-state index contributed by atoms with van der Waals surface area (Å²) in [6.07, 6.45) is 5.03. The highest BCUT2D eigenvalue weighted by molar-refractivity contribution is 5.92. The van der Waals surface area contributed by atoms with Gasteiger partial charge in [0.25, 0.3) is 5.91 Å². The van der Waals surface area contributed by atoms with Crippen LogP contribution in [0.3, 0.4) is 0 Å². The first-order chi connectivity index (χ1) is 8.39. The zero-order valence-corrected chi connectivity index (χ0v) is 11.4. The van der Waals surface area contributed by atoms with Crippen molar-refractivity contribution in [2.45, 2.75) is 46.1 Å². The molecule has 18 heavy (non-hydrogen) atoms. The third kappa shape index (κ3) is 1.86. The average Bonchev–Trinajstić information content (AvgIpc) is 2.82. The van der Waals surface area contributed by atoms with E-state index in [1.165, 1.54) is 6.42 Å².